The summed E-state index contributed by atoms with van der Waals surface area (Å²) in [6.45, 7) is 3.78. The molecule has 2 aromatic rings. The molecule has 1 aliphatic heterocycles. The molecule has 3 amide bonds. The van der Waals surface area contributed by atoms with Crippen molar-refractivity contribution in [3.63, 3.8) is 0 Å². The van der Waals surface area contributed by atoms with Gasteiger partial charge in [0.25, 0.3) is 0 Å². The van der Waals surface area contributed by atoms with Crippen LogP contribution in [0.1, 0.15) is 62.6 Å². The molecular weight excluding hydrogens is 448 g/mol. The van der Waals surface area contributed by atoms with Gasteiger partial charge in [-0.15, -0.1) is 0 Å². The number of carbonyl (C=O) groups is 3. The largest absolute Gasteiger partial charge is 0.444 e. The van der Waals surface area contributed by atoms with E-state index in [-0.39, 0.29) is 28.9 Å². The first-order valence-corrected chi connectivity index (χ1v) is 10.6. The summed E-state index contributed by atoms with van der Waals surface area (Å²) in [5.41, 5.74) is 5.36. The molecule has 34 heavy (non-hydrogen) atoms. The summed E-state index contributed by atoms with van der Waals surface area (Å²) in [5, 5.41) is 9.08. The van der Waals surface area contributed by atoms with Gasteiger partial charge >= 0.3 is 12.6 Å². The second-order valence-corrected chi connectivity index (χ2v) is 8.98. The van der Waals surface area contributed by atoms with E-state index < -0.39 is 42.0 Å². The number of primary amides is 1. The van der Waals surface area contributed by atoms with Gasteiger partial charge in [-0.1, -0.05) is 19.1 Å². The zero-order valence-electron chi connectivity index (χ0n) is 19.3. The van der Waals surface area contributed by atoms with E-state index in [0.29, 0.717) is 10.2 Å². The number of nitrogens with two attached hydrogens (primary N) is 1. The number of nitrogens with one attached hydrogen (secondary N) is 2. The number of alkyl halides is 2. The maximum absolute atomic E-state index is 13.8. The highest BCUT2D eigenvalue weighted by Gasteiger charge is 2.26. The molecule has 9 nitrogen and oxygen atoms in total. The van der Waals surface area contributed by atoms with Crippen molar-refractivity contribution in [2.75, 3.05) is 5.32 Å². The Morgan fingerprint density at radius 3 is 2.62 bits per heavy atom. The third-order valence-electron chi connectivity index (χ3n) is 5.05. The molecule has 0 fully saturated rings. The van der Waals surface area contributed by atoms with Crippen molar-refractivity contribution in [3.8, 4) is 11.3 Å². The fourth-order valence-corrected chi connectivity index (χ4v) is 3.50. The minimum Gasteiger partial charge on any atom is -0.444 e. The molecule has 4 N–H and O–H groups in total. The minimum absolute atomic E-state index is 0.0391. The van der Waals surface area contributed by atoms with Crippen LogP contribution in [0.4, 0.5) is 19.3 Å². The molecule has 3 rings (SSSR count). The van der Waals surface area contributed by atoms with Crippen molar-refractivity contribution in [1.29, 1.82) is 0 Å². The van der Waals surface area contributed by atoms with Crippen molar-refractivity contribution in [3.05, 3.63) is 47.7 Å². The molecule has 2 atom stereocenters. The lowest BCUT2D eigenvalue weighted by atomic mass is 9.95. The number of hydrogen-bond donors (Lipinski definition) is 3. The maximum Gasteiger partial charge on any atom is 0.408 e. The summed E-state index contributed by atoms with van der Waals surface area (Å²) in [5.74, 6) is -1.82. The Bertz CT molecular complexity index is 1140. The number of benzene rings is 1. The van der Waals surface area contributed by atoms with E-state index in [2.05, 4.69) is 15.7 Å². The molecule has 2 bridgehead atoms. The van der Waals surface area contributed by atoms with Crippen molar-refractivity contribution in [2.24, 2.45) is 11.7 Å². The average molecular weight is 475 g/mol. The van der Waals surface area contributed by atoms with Gasteiger partial charge in [-0.25, -0.2) is 9.48 Å². The van der Waals surface area contributed by atoms with Crippen LogP contribution in [0.5, 0.6) is 0 Å². The smallest absolute Gasteiger partial charge is 0.408 e. The molecule has 182 valence electrons. The Labute approximate surface area is 195 Å². The highest BCUT2D eigenvalue weighted by atomic mass is 19.3. The molecule has 2 heterocycles. The highest BCUT2D eigenvalue weighted by molar-refractivity contribution is 5.98. The summed E-state index contributed by atoms with van der Waals surface area (Å²) in [6, 6.07) is 3.66. The number of rotatable bonds is 3. The topological polar surface area (TPSA) is 128 Å². The molecule has 1 aliphatic rings. The number of carbonyl (C=O) groups excluding carboxylic acids is 3. The van der Waals surface area contributed by atoms with Crippen LogP contribution in [0, 0.1) is 5.92 Å². The van der Waals surface area contributed by atoms with Gasteiger partial charge < -0.3 is 21.1 Å². The predicted molar refractivity (Wildman–Crippen MR) is 121 cm³/mol. The predicted octanol–water partition coefficient (Wildman–Crippen LogP) is 4.14. The van der Waals surface area contributed by atoms with Gasteiger partial charge in [0, 0.05) is 11.1 Å². The van der Waals surface area contributed by atoms with Gasteiger partial charge in [0.1, 0.15) is 5.60 Å². The molecule has 0 unspecified atom stereocenters. The number of nitrogens with zero attached hydrogens (tertiary/aromatic N) is 2. The third-order valence-corrected chi connectivity index (χ3v) is 5.05. The lowest BCUT2D eigenvalue weighted by Crippen LogP contribution is -2.35. The van der Waals surface area contributed by atoms with Crippen LogP contribution in [-0.4, -0.2) is 33.3 Å². The van der Waals surface area contributed by atoms with Gasteiger partial charge in [-0.2, -0.15) is 13.9 Å². The number of hydrogen-bond acceptors (Lipinski definition) is 5. The first kappa shape index (κ1) is 24.9. The van der Waals surface area contributed by atoms with Crippen LogP contribution in [0.25, 0.3) is 11.3 Å². The summed E-state index contributed by atoms with van der Waals surface area (Å²) >= 11 is 0. The first-order valence-electron chi connectivity index (χ1n) is 10.6. The molecule has 0 spiro atoms. The summed E-state index contributed by atoms with van der Waals surface area (Å²) in [7, 11) is 0. The average Bonchev–Trinajstić information content (AvgIpc) is 3.14. The van der Waals surface area contributed by atoms with Crippen molar-refractivity contribution in [2.45, 2.75) is 52.3 Å². The van der Waals surface area contributed by atoms with Crippen LogP contribution in [0.15, 0.2) is 36.5 Å². The molecule has 0 saturated carbocycles. The number of alkyl carbamates (subject to hydrolysis) is 1. The molecule has 0 radical (unpaired) electrons. The number of ether oxygens (including phenoxy) is 1. The number of aromatic nitrogens is 2. The maximum atomic E-state index is 13.8. The molecule has 11 heteroatoms. The Balaban J connectivity index is 2.20. The van der Waals surface area contributed by atoms with E-state index in [4.69, 9.17) is 10.5 Å². The normalized spacial score (nSPS) is 19.3. The fraction of sp³-hybridized carbons (Fsp3) is 0.391. The molecule has 0 saturated heterocycles. The molecule has 0 aliphatic carbocycles. The zero-order valence-corrected chi connectivity index (χ0v) is 19.3. The van der Waals surface area contributed by atoms with Gasteiger partial charge in [-0.05, 0) is 51.0 Å². The van der Waals surface area contributed by atoms with Crippen molar-refractivity contribution >= 4 is 23.6 Å². The van der Waals surface area contributed by atoms with E-state index in [1.54, 1.807) is 45.9 Å². The molecule has 1 aromatic carbocycles. The van der Waals surface area contributed by atoms with E-state index in [0.717, 1.165) is 6.20 Å². The van der Waals surface area contributed by atoms with Gasteiger partial charge in [0.05, 0.1) is 29.5 Å². The summed E-state index contributed by atoms with van der Waals surface area (Å²) in [6.07, 6.45) is 4.01. The van der Waals surface area contributed by atoms with E-state index in [1.165, 1.54) is 12.1 Å². The summed E-state index contributed by atoms with van der Waals surface area (Å²) in [4.78, 5) is 37.2. The second kappa shape index (κ2) is 9.62. The number of fused-ring (bicyclic) bond motifs is 4. The Kier molecular flexibility index (Phi) is 7.04. The number of amides is 3. The Morgan fingerprint density at radius 2 is 2.00 bits per heavy atom. The minimum atomic E-state index is -3.01. The Morgan fingerprint density at radius 1 is 1.29 bits per heavy atom. The van der Waals surface area contributed by atoms with Crippen molar-refractivity contribution in [1.82, 2.24) is 15.1 Å². The fourth-order valence-electron chi connectivity index (χ4n) is 3.50. The van der Waals surface area contributed by atoms with E-state index >= 15 is 0 Å². The van der Waals surface area contributed by atoms with Gasteiger partial charge in [-0.3, -0.25) is 9.59 Å². The van der Waals surface area contributed by atoms with Gasteiger partial charge in [0.2, 0.25) is 11.8 Å². The number of anilines is 1. The van der Waals surface area contributed by atoms with Crippen molar-refractivity contribution < 1.29 is 27.9 Å². The first-order chi connectivity index (χ1) is 15.9. The van der Waals surface area contributed by atoms with E-state index in [9.17, 15) is 23.2 Å². The summed E-state index contributed by atoms with van der Waals surface area (Å²) < 4.78 is 33.3. The monoisotopic (exact) mass is 475 g/mol. The highest BCUT2D eigenvalue weighted by Crippen LogP contribution is 2.35. The SMILES string of the molecule is C[C@@H]1/C=C\C[C@H](NC(=O)OC(C)(C)C)c2cc(C(N)=O)cc(c2)-c2c(cnn2C(F)F)NC1=O. The quantitative estimate of drug-likeness (QED) is 0.575. The van der Waals surface area contributed by atoms with Crippen LogP contribution in [-0.2, 0) is 9.53 Å². The second-order valence-electron chi connectivity index (χ2n) is 8.98. The van der Waals surface area contributed by atoms with Crippen LogP contribution in [0.2, 0.25) is 0 Å². The third kappa shape index (κ3) is 5.77. The van der Waals surface area contributed by atoms with Crippen LogP contribution in [0.3, 0.4) is 0 Å². The Hall–Kier alpha value is -3.76. The van der Waals surface area contributed by atoms with Crippen LogP contribution < -0.4 is 16.4 Å². The molecular formula is C23H27F2N5O4. The van der Waals surface area contributed by atoms with Gasteiger partial charge in [0.15, 0.2) is 0 Å². The number of halogens is 2. The van der Waals surface area contributed by atoms with Crippen LogP contribution >= 0.6 is 0 Å². The lowest BCUT2D eigenvalue weighted by Gasteiger charge is -2.24. The lowest BCUT2D eigenvalue weighted by molar-refractivity contribution is -0.118. The zero-order chi connectivity index (χ0) is 25.2. The standard InChI is InChI=1S/C23H27F2N5O4/c1-12-6-5-7-16(29-22(33)34-23(2,3)4)13-8-14(10-15(9-13)19(26)31)18-17(28-20(12)32)11-27-30(18)21(24)25/h5-6,8-12,16,21H,7H2,1-4H3,(H2,26,31)(H,28,32)(H,29,33)/b6-5-/t12-,16+/m1/s1. The molecule has 1 aromatic heterocycles. The van der Waals surface area contributed by atoms with E-state index in [1.807, 2.05) is 0 Å².